The average Bonchev–Trinajstić information content (AvgIpc) is 2.68. The zero-order valence-electron chi connectivity index (χ0n) is 10.1. The third-order valence-corrected chi connectivity index (χ3v) is 4.55. The first-order valence-electron chi connectivity index (χ1n) is 6.08. The number of nitrogens with two attached hydrogens (primary N) is 1. The Morgan fingerprint density at radius 3 is 2.69 bits per heavy atom. The van der Waals surface area contributed by atoms with Crippen molar-refractivity contribution in [1.82, 2.24) is 10.3 Å². The van der Waals surface area contributed by atoms with Gasteiger partial charge in [0.15, 0.2) is 0 Å². The summed E-state index contributed by atoms with van der Waals surface area (Å²) in [6.07, 6.45) is 4.74. The van der Waals surface area contributed by atoms with E-state index in [0.29, 0.717) is 18.1 Å². The SMILES string of the molecule is Cc1ncsc1C(C)NC1CCC(N)CC1. The molecule has 0 saturated heterocycles. The monoisotopic (exact) mass is 239 g/mol. The maximum Gasteiger partial charge on any atom is 0.0798 e. The highest BCUT2D eigenvalue weighted by Crippen LogP contribution is 2.24. The molecule has 1 saturated carbocycles. The molecule has 1 aromatic rings. The van der Waals surface area contributed by atoms with E-state index in [0.717, 1.165) is 18.5 Å². The van der Waals surface area contributed by atoms with Crippen LogP contribution in [0.15, 0.2) is 5.51 Å². The van der Waals surface area contributed by atoms with Crippen LogP contribution >= 0.6 is 11.3 Å². The van der Waals surface area contributed by atoms with E-state index >= 15 is 0 Å². The fraction of sp³-hybridized carbons (Fsp3) is 0.750. The molecule has 1 unspecified atom stereocenters. The fourth-order valence-electron chi connectivity index (χ4n) is 2.44. The third-order valence-electron chi connectivity index (χ3n) is 3.43. The van der Waals surface area contributed by atoms with E-state index in [1.165, 1.54) is 17.7 Å². The molecule has 2 rings (SSSR count). The van der Waals surface area contributed by atoms with Gasteiger partial charge in [0.2, 0.25) is 0 Å². The van der Waals surface area contributed by atoms with Gasteiger partial charge in [-0.2, -0.15) is 0 Å². The van der Waals surface area contributed by atoms with E-state index in [1.54, 1.807) is 11.3 Å². The van der Waals surface area contributed by atoms with Crippen molar-refractivity contribution in [3.05, 3.63) is 16.1 Å². The minimum absolute atomic E-state index is 0.423. The number of thiazole rings is 1. The van der Waals surface area contributed by atoms with E-state index < -0.39 is 0 Å². The molecule has 0 aliphatic heterocycles. The maximum atomic E-state index is 5.91. The second-order valence-electron chi connectivity index (χ2n) is 4.80. The van der Waals surface area contributed by atoms with Gasteiger partial charge in [-0.05, 0) is 39.5 Å². The molecule has 0 amide bonds. The minimum atomic E-state index is 0.423. The quantitative estimate of drug-likeness (QED) is 0.851. The number of nitrogens with zero attached hydrogens (tertiary/aromatic N) is 1. The number of aryl methyl sites for hydroxylation is 1. The summed E-state index contributed by atoms with van der Waals surface area (Å²) in [6, 6.07) is 1.49. The zero-order chi connectivity index (χ0) is 11.5. The van der Waals surface area contributed by atoms with Crippen LogP contribution in [-0.2, 0) is 0 Å². The van der Waals surface area contributed by atoms with Gasteiger partial charge in [-0.15, -0.1) is 11.3 Å². The molecule has 1 aliphatic carbocycles. The summed E-state index contributed by atoms with van der Waals surface area (Å²) in [7, 11) is 0. The summed E-state index contributed by atoms with van der Waals surface area (Å²) in [5, 5.41) is 3.70. The first-order valence-corrected chi connectivity index (χ1v) is 6.96. The van der Waals surface area contributed by atoms with E-state index in [4.69, 9.17) is 5.73 Å². The predicted molar refractivity (Wildman–Crippen MR) is 68.6 cm³/mol. The van der Waals surface area contributed by atoms with Gasteiger partial charge in [-0.1, -0.05) is 0 Å². The van der Waals surface area contributed by atoms with Crippen molar-refractivity contribution in [3.63, 3.8) is 0 Å². The molecule has 0 radical (unpaired) electrons. The Morgan fingerprint density at radius 2 is 2.12 bits per heavy atom. The molecule has 1 aliphatic rings. The molecule has 1 atom stereocenters. The molecule has 4 heteroatoms. The van der Waals surface area contributed by atoms with Crippen LogP contribution in [0.5, 0.6) is 0 Å². The Hall–Kier alpha value is -0.450. The molecule has 0 bridgehead atoms. The Balaban J connectivity index is 1.88. The van der Waals surface area contributed by atoms with E-state index in [-0.39, 0.29) is 0 Å². The lowest BCUT2D eigenvalue weighted by Crippen LogP contribution is -2.38. The molecule has 1 heterocycles. The summed E-state index contributed by atoms with van der Waals surface area (Å²) < 4.78 is 0. The van der Waals surface area contributed by atoms with Gasteiger partial charge < -0.3 is 11.1 Å². The molecule has 1 aromatic heterocycles. The molecule has 1 fully saturated rings. The smallest absolute Gasteiger partial charge is 0.0798 e. The topological polar surface area (TPSA) is 50.9 Å². The highest BCUT2D eigenvalue weighted by Gasteiger charge is 2.21. The predicted octanol–water partition coefficient (Wildman–Crippen LogP) is 2.37. The Labute approximate surface area is 101 Å². The van der Waals surface area contributed by atoms with E-state index in [9.17, 15) is 0 Å². The molecule has 0 aromatic carbocycles. The molecule has 3 nitrogen and oxygen atoms in total. The summed E-state index contributed by atoms with van der Waals surface area (Å²) in [5.74, 6) is 0. The van der Waals surface area contributed by atoms with Crippen LogP contribution in [0, 0.1) is 6.92 Å². The number of rotatable bonds is 3. The van der Waals surface area contributed by atoms with Crippen LogP contribution in [0.25, 0.3) is 0 Å². The molecule has 90 valence electrons. The Kier molecular flexibility index (Phi) is 3.95. The second kappa shape index (κ2) is 5.25. The number of hydrogen-bond donors (Lipinski definition) is 2. The van der Waals surface area contributed by atoms with E-state index in [2.05, 4.69) is 24.1 Å². The normalized spacial score (nSPS) is 27.9. The summed E-state index contributed by atoms with van der Waals surface area (Å²) >= 11 is 1.75. The zero-order valence-corrected chi connectivity index (χ0v) is 10.9. The molecule has 0 spiro atoms. The highest BCUT2D eigenvalue weighted by atomic mass is 32.1. The third kappa shape index (κ3) is 2.81. The van der Waals surface area contributed by atoms with Crippen molar-refractivity contribution in [2.75, 3.05) is 0 Å². The largest absolute Gasteiger partial charge is 0.328 e. The summed E-state index contributed by atoms with van der Waals surface area (Å²) in [5.41, 5.74) is 9.01. The van der Waals surface area contributed by atoms with Crippen molar-refractivity contribution in [3.8, 4) is 0 Å². The maximum absolute atomic E-state index is 5.91. The molecular weight excluding hydrogens is 218 g/mol. The first kappa shape index (κ1) is 12.0. The van der Waals surface area contributed by atoms with Gasteiger partial charge >= 0.3 is 0 Å². The van der Waals surface area contributed by atoms with Crippen molar-refractivity contribution in [2.45, 2.75) is 57.7 Å². The highest BCUT2D eigenvalue weighted by molar-refractivity contribution is 7.09. The lowest BCUT2D eigenvalue weighted by molar-refractivity contribution is 0.323. The van der Waals surface area contributed by atoms with Gasteiger partial charge in [-0.25, -0.2) is 4.98 Å². The standard InChI is InChI=1S/C12H21N3S/c1-8-12(16-7-14-8)9(2)15-11-5-3-10(13)4-6-11/h7,9-11,15H,3-6,13H2,1-2H3. The Morgan fingerprint density at radius 1 is 1.44 bits per heavy atom. The molecule has 16 heavy (non-hydrogen) atoms. The average molecular weight is 239 g/mol. The van der Waals surface area contributed by atoms with Gasteiger partial charge in [0, 0.05) is 23.0 Å². The van der Waals surface area contributed by atoms with Crippen molar-refractivity contribution >= 4 is 11.3 Å². The number of hydrogen-bond acceptors (Lipinski definition) is 4. The van der Waals surface area contributed by atoms with Gasteiger partial charge in [0.05, 0.1) is 11.2 Å². The van der Waals surface area contributed by atoms with Crippen LogP contribution < -0.4 is 11.1 Å². The van der Waals surface area contributed by atoms with Gasteiger partial charge in [-0.3, -0.25) is 0 Å². The fourth-order valence-corrected chi connectivity index (χ4v) is 3.26. The van der Waals surface area contributed by atoms with Gasteiger partial charge in [0.25, 0.3) is 0 Å². The first-order chi connectivity index (χ1) is 7.66. The van der Waals surface area contributed by atoms with Crippen molar-refractivity contribution in [2.24, 2.45) is 5.73 Å². The van der Waals surface area contributed by atoms with Crippen molar-refractivity contribution in [1.29, 1.82) is 0 Å². The van der Waals surface area contributed by atoms with Crippen LogP contribution in [0.3, 0.4) is 0 Å². The Bertz CT molecular complexity index is 329. The van der Waals surface area contributed by atoms with E-state index in [1.807, 2.05) is 5.51 Å². The summed E-state index contributed by atoms with van der Waals surface area (Å²) in [6.45, 7) is 4.32. The lowest BCUT2D eigenvalue weighted by Gasteiger charge is -2.29. The number of nitrogens with one attached hydrogen (secondary N) is 1. The van der Waals surface area contributed by atoms with Crippen LogP contribution in [0.2, 0.25) is 0 Å². The van der Waals surface area contributed by atoms with Crippen molar-refractivity contribution < 1.29 is 0 Å². The van der Waals surface area contributed by atoms with Crippen LogP contribution in [0.1, 0.15) is 49.2 Å². The summed E-state index contributed by atoms with van der Waals surface area (Å²) in [4.78, 5) is 5.67. The molecule has 3 N–H and O–H groups in total. The van der Waals surface area contributed by atoms with Crippen LogP contribution in [0.4, 0.5) is 0 Å². The number of aromatic nitrogens is 1. The molecular formula is C12H21N3S. The van der Waals surface area contributed by atoms with Gasteiger partial charge in [0.1, 0.15) is 0 Å². The van der Waals surface area contributed by atoms with Crippen LogP contribution in [-0.4, -0.2) is 17.1 Å². The lowest BCUT2D eigenvalue weighted by atomic mass is 9.91. The second-order valence-corrected chi connectivity index (χ2v) is 5.69. The minimum Gasteiger partial charge on any atom is -0.328 e.